The van der Waals surface area contributed by atoms with Gasteiger partial charge in [-0.25, -0.2) is 19.3 Å². The molecular formula is C17H24FN5O3. The lowest BCUT2D eigenvalue weighted by Crippen LogP contribution is -2.51. The largest absolute Gasteiger partial charge is 0.394 e. The fourth-order valence-electron chi connectivity index (χ4n) is 3.92. The van der Waals surface area contributed by atoms with Crippen LogP contribution in [0.5, 0.6) is 0 Å². The van der Waals surface area contributed by atoms with E-state index in [0.29, 0.717) is 23.0 Å². The van der Waals surface area contributed by atoms with Gasteiger partial charge in [0.25, 0.3) is 0 Å². The Bertz CT molecular complexity index is 803. The number of hydrogen-bond donors (Lipinski definition) is 3. The van der Waals surface area contributed by atoms with E-state index in [1.54, 1.807) is 0 Å². The standard InChI is InChI=1S/C17H24FN5O3/c1-16(18)15(26-11(7-24)17(16,2)25)23-9-21-12-13(19-8-20-14(12)23)22-10-5-3-4-6-10/h8-11,15,24-25H,3-7H2,1-2H3,(H,19,20,22)/t11-,15-,16+,17-/m1/s1. The summed E-state index contributed by atoms with van der Waals surface area (Å²) in [5, 5.41) is 23.4. The molecule has 0 amide bonds. The maximum atomic E-state index is 15.4. The quantitative estimate of drug-likeness (QED) is 0.755. The molecule has 1 aliphatic heterocycles. The molecule has 0 bridgehead atoms. The van der Waals surface area contributed by atoms with Gasteiger partial charge < -0.3 is 20.3 Å². The number of fused-ring (bicyclic) bond motifs is 1. The van der Waals surface area contributed by atoms with E-state index in [2.05, 4.69) is 20.3 Å². The number of imidazole rings is 1. The van der Waals surface area contributed by atoms with Gasteiger partial charge in [0.05, 0.1) is 12.9 Å². The topological polar surface area (TPSA) is 105 Å². The van der Waals surface area contributed by atoms with Crippen molar-refractivity contribution < 1.29 is 19.3 Å². The zero-order valence-electron chi connectivity index (χ0n) is 14.9. The SMILES string of the molecule is C[C@]1(F)[C@H](n2cnc3c(NC4CCCC4)ncnc32)O[C@H](CO)[C@@]1(C)O. The number of aliphatic hydroxyl groups excluding tert-OH is 1. The minimum absolute atomic E-state index is 0.354. The van der Waals surface area contributed by atoms with Gasteiger partial charge in [-0.3, -0.25) is 4.57 Å². The van der Waals surface area contributed by atoms with Crippen molar-refractivity contribution in [2.24, 2.45) is 0 Å². The summed E-state index contributed by atoms with van der Waals surface area (Å²) in [6, 6.07) is 0.354. The predicted octanol–water partition coefficient (Wildman–Crippen LogP) is 1.55. The summed E-state index contributed by atoms with van der Waals surface area (Å²) in [5.41, 5.74) is -3.03. The first kappa shape index (κ1) is 17.6. The Labute approximate surface area is 150 Å². The Morgan fingerprint density at radius 1 is 1.31 bits per heavy atom. The van der Waals surface area contributed by atoms with Gasteiger partial charge in [-0.1, -0.05) is 12.8 Å². The fraction of sp³-hybridized carbons (Fsp3) is 0.706. The van der Waals surface area contributed by atoms with Gasteiger partial charge in [0.2, 0.25) is 0 Å². The Morgan fingerprint density at radius 2 is 2.04 bits per heavy atom. The molecule has 26 heavy (non-hydrogen) atoms. The van der Waals surface area contributed by atoms with Crippen LogP contribution >= 0.6 is 0 Å². The molecule has 4 atom stereocenters. The minimum Gasteiger partial charge on any atom is -0.394 e. The summed E-state index contributed by atoms with van der Waals surface area (Å²) in [6.07, 6.45) is 5.19. The van der Waals surface area contributed by atoms with Crippen LogP contribution in [-0.2, 0) is 4.74 Å². The van der Waals surface area contributed by atoms with Gasteiger partial charge >= 0.3 is 0 Å². The molecule has 2 aliphatic rings. The normalized spacial score (nSPS) is 35.4. The highest BCUT2D eigenvalue weighted by molar-refractivity contribution is 5.82. The first-order valence-electron chi connectivity index (χ1n) is 8.98. The Balaban J connectivity index is 1.72. The second-order valence-corrected chi connectivity index (χ2v) is 7.55. The third kappa shape index (κ3) is 2.49. The van der Waals surface area contributed by atoms with Crippen LogP contribution in [-0.4, -0.2) is 59.8 Å². The molecule has 0 spiro atoms. The first-order valence-corrected chi connectivity index (χ1v) is 8.98. The van der Waals surface area contributed by atoms with E-state index in [1.807, 2.05) is 0 Å². The van der Waals surface area contributed by atoms with E-state index in [0.717, 1.165) is 12.8 Å². The van der Waals surface area contributed by atoms with Crippen LogP contribution in [0.3, 0.4) is 0 Å². The molecule has 3 N–H and O–H groups in total. The van der Waals surface area contributed by atoms with Crippen molar-refractivity contribution in [3.63, 3.8) is 0 Å². The first-order chi connectivity index (χ1) is 12.4. The van der Waals surface area contributed by atoms with Crippen LogP contribution in [0.15, 0.2) is 12.7 Å². The number of aromatic nitrogens is 4. The summed E-state index contributed by atoms with van der Waals surface area (Å²) in [4.78, 5) is 12.9. The molecule has 2 aromatic rings. The van der Waals surface area contributed by atoms with E-state index in [9.17, 15) is 10.2 Å². The number of aliphatic hydroxyl groups is 2. The zero-order valence-corrected chi connectivity index (χ0v) is 14.9. The molecule has 3 heterocycles. The third-order valence-electron chi connectivity index (χ3n) is 5.85. The maximum absolute atomic E-state index is 15.4. The van der Waals surface area contributed by atoms with Crippen molar-refractivity contribution in [2.45, 2.75) is 69.2 Å². The molecule has 142 valence electrons. The monoisotopic (exact) mass is 365 g/mol. The number of hydrogen-bond acceptors (Lipinski definition) is 7. The van der Waals surface area contributed by atoms with Crippen molar-refractivity contribution in [3.05, 3.63) is 12.7 Å². The molecule has 1 saturated carbocycles. The third-order valence-corrected chi connectivity index (χ3v) is 5.85. The molecule has 0 radical (unpaired) electrons. The molecule has 1 aliphatic carbocycles. The smallest absolute Gasteiger partial charge is 0.183 e. The summed E-state index contributed by atoms with van der Waals surface area (Å²) in [5.74, 6) is 0.615. The van der Waals surface area contributed by atoms with Crippen molar-refractivity contribution in [3.8, 4) is 0 Å². The number of rotatable bonds is 4. The molecule has 2 fully saturated rings. The van der Waals surface area contributed by atoms with Crippen molar-refractivity contribution in [1.29, 1.82) is 0 Å². The van der Waals surface area contributed by atoms with Crippen molar-refractivity contribution in [2.75, 3.05) is 11.9 Å². The van der Waals surface area contributed by atoms with E-state index in [-0.39, 0.29) is 0 Å². The number of anilines is 1. The van der Waals surface area contributed by atoms with Crippen molar-refractivity contribution >= 4 is 17.0 Å². The van der Waals surface area contributed by atoms with Gasteiger partial charge in [0, 0.05) is 6.04 Å². The minimum atomic E-state index is -2.14. The molecule has 9 heteroatoms. The van der Waals surface area contributed by atoms with Gasteiger partial charge in [0.15, 0.2) is 28.9 Å². The average molecular weight is 365 g/mol. The molecule has 2 aromatic heterocycles. The zero-order chi connectivity index (χ0) is 18.5. The second kappa shape index (κ2) is 6.11. The van der Waals surface area contributed by atoms with Gasteiger partial charge in [-0.2, -0.15) is 0 Å². The van der Waals surface area contributed by atoms with Gasteiger partial charge in [0.1, 0.15) is 18.0 Å². The van der Waals surface area contributed by atoms with E-state index in [4.69, 9.17) is 4.74 Å². The summed E-state index contributed by atoms with van der Waals surface area (Å²) < 4.78 is 22.5. The van der Waals surface area contributed by atoms with Crippen molar-refractivity contribution in [1.82, 2.24) is 19.5 Å². The van der Waals surface area contributed by atoms with Crippen LogP contribution in [0.2, 0.25) is 0 Å². The summed E-state index contributed by atoms with van der Waals surface area (Å²) in [6.45, 7) is 2.10. The van der Waals surface area contributed by atoms with E-state index < -0.39 is 30.2 Å². The number of halogens is 1. The number of nitrogens with one attached hydrogen (secondary N) is 1. The van der Waals surface area contributed by atoms with Crippen LogP contribution in [0.25, 0.3) is 11.2 Å². The summed E-state index contributed by atoms with van der Waals surface area (Å²) in [7, 11) is 0. The maximum Gasteiger partial charge on any atom is 0.183 e. The summed E-state index contributed by atoms with van der Waals surface area (Å²) >= 11 is 0. The number of nitrogens with zero attached hydrogens (tertiary/aromatic N) is 4. The van der Waals surface area contributed by atoms with Crippen LogP contribution < -0.4 is 5.32 Å². The highest BCUT2D eigenvalue weighted by Crippen LogP contribution is 2.48. The van der Waals surface area contributed by atoms with Gasteiger partial charge in [-0.05, 0) is 26.7 Å². The average Bonchev–Trinajstić information content (AvgIpc) is 3.28. The van der Waals surface area contributed by atoms with Crippen LogP contribution in [0.4, 0.5) is 10.2 Å². The molecular weight excluding hydrogens is 341 g/mol. The van der Waals surface area contributed by atoms with Gasteiger partial charge in [-0.15, -0.1) is 0 Å². The highest BCUT2D eigenvalue weighted by atomic mass is 19.1. The Morgan fingerprint density at radius 3 is 2.69 bits per heavy atom. The lowest BCUT2D eigenvalue weighted by molar-refractivity contribution is -0.0891. The molecule has 0 aromatic carbocycles. The van der Waals surface area contributed by atoms with E-state index >= 15 is 4.39 Å². The van der Waals surface area contributed by atoms with Crippen LogP contribution in [0.1, 0.15) is 45.8 Å². The lowest BCUT2D eigenvalue weighted by Gasteiger charge is -2.32. The number of alkyl halides is 1. The van der Waals surface area contributed by atoms with Crippen LogP contribution in [0, 0.1) is 0 Å². The molecule has 4 rings (SSSR count). The van der Waals surface area contributed by atoms with E-state index in [1.165, 1.54) is 43.9 Å². The fourth-order valence-corrected chi connectivity index (χ4v) is 3.92. The molecule has 1 saturated heterocycles. The molecule has 0 unspecified atom stereocenters. The Kier molecular flexibility index (Phi) is 4.13. The number of ether oxygens (including phenoxy) is 1. The molecule has 8 nitrogen and oxygen atoms in total. The lowest BCUT2D eigenvalue weighted by atomic mass is 9.85. The predicted molar refractivity (Wildman–Crippen MR) is 92.3 cm³/mol. The highest BCUT2D eigenvalue weighted by Gasteiger charge is 2.63. The Hall–Kier alpha value is -1.84. The second-order valence-electron chi connectivity index (χ2n) is 7.55.